The molecule has 0 radical (unpaired) electrons. The minimum atomic E-state index is -0.578. The molecule has 4 N–H and O–H groups in total. The van der Waals surface area contributed by atoms with E-state index >= 15 is 0 Å². The average molecular weight is 594 g/mol. The molecule has 5 heterocycles. The van der Waals surface area contributed by atoms with E-state index in [1.54, 1.807) is 0 Å². The number of fused-ring (bicyclic) bond motifs is 2. The molecular formula is C31H39N5O5S. The molecule has 0 bridgehead atoms. The van der Waals surface area contributed by atoms with Crippen LogP contribution >= 0.6 is 11.3 Å². The van der Waals surface area contributed by atoms with Crippen molar-refractivity contribution in [3.05, 3.63) is 46.5 Å². The number of aromatic nitrogens is 1. The summed E-state index contributed by atoms with van der Waals surface area (Å²) in [4.78, 5) is 33.8. The van der Waals surface area contributed by atoms with E-state index in [4.69, 9.17) is 19.9 Å². The zero-order valence-corrected chi connectivity index (χ0v) is 25.6. The molecule has 4 atom stereocenters. The Morgan fingerprint density at radius 1 is 1.21 bits per heavy atom. The summed E-state index contributed by atoms with van der Waals surface area (Å²) >= 11 is 1.31. The molecule has 2 fully saturated rings. The topological polar surface area (TPSA) is 128 Å². The highest BCUT2D eigenvalue weighted by Gasteiger charge is 2.55. The minimum Gasteiger partial charge on any atom is -0.491 e. The fourth-order valence-electron chi connectivity index (χ4n) is 6.28. The standard InChI is InChI=1S/C31H39N5O5S/c1-17-10-11-40-31(17)16-36(14-24(31)35-29(38)41-30(3,4)5)21-8-7-19-12-20(15-39-23(19)13-21)34-27(37)26-25(32)22-9-6-18(2)33-28(22)42-26/h6-9,13,17,20,24H,10-12,14-16,32H2,1-5H3,(H,34,37)(H,35,38)/t17-,20+,24-,31-/m0/s1. The van der Waals surface area contributed by atoms with Gasteiger partial charge in [0.05, 0.1) is 17.8 Å². The first-order valence-corrected chi connectivity index (χ1v) is 15.3. The highest BCUT2D eigenvalue weighted by atomic mass is 32.1. The van der Waals surface area contributed by atoms with Gasteiger partial charge in [-0.3, -0.25) is 4.79 Å². The molecule has 0 unspecified atom stereocenters. The van der Waals surface area contributed by atoms with Gasteiger partial charge in [-0.05, 0) is 70.2 Å². The van der Waals surface area contributed by atoms with Crippen molar-refractivity contribution in [2.45, 2.75) is 70.7 Å². The normalized spacial score (nSPS) is 25.4. The Balaban J connectivity index is 1.14. The molecule has 10 nitrogen and oxygen atoms in total. The van der Waals surface area contributed by atoms with Gasteiger partial charge in [-0.1, -0.05) is 13.0 Å². The van der Waals surface area contributed by atoms with E-state index in [0.29, 0.717) is 43.3 Å². The first kappa shape index (κ1) is 28.5. The molecular weight excluding hydrogens is 554 g/mol. The molecule has 1 aromatic carbocycles. The SMILES string of the molecule is Cc1ccc2c(N)c(C(=O)N[C@H]3COc4cc(N5C[C@H](NC(=O)OC(C)(C)C)[C@@]6(C5)OCC[C@@H]6C)ccc4C3)sc2n1. The molecule has 3 aromatic rings. The van der Waals surface area contributed by atoms with Crippen LogP contribution in [0.25, 0.3) is 10.2 Å². The number of hydrogen-bond acceptors (Lipinski definition) is 9. The smallest absolute Gasteiger partial charge is 0.408 e. The second-order valence-corrected chi connectivity index (χ2v) is 13.7. The second-order valence-electron chi connectivity index (χ2n) is 12.7. The first-order valence-electron chi connectivity index (χ1n) is 14.5. The number of ether oxygens (including phenoxy) is 3. The molecule has 11 heteroatoms. The molecule has 3 aliphatic heterocycles. The van der Waals surface area contributed by atoms with Crippen LogP contribution in [0.2, 0.25) is 0 Å². The molecule has 2 aromatic heterocycles. The summed E-state index contributed by atoms with van der Waals surface area (Å²) in [5, 5.41) is 7.01. The van der Waals surface area contributed by atoms with Crippen LogP contribution in [0.3, 0.4) is 0 Å². The van der Waals surface area contributed by atoms with Crippen molar-refractivity contribution in [1.82, 2.24) is 15.6 Å². The first-order chi connectivity index (χ1) is 19.9. The monoisotopic (exact) mass is 593 g/mol. The van der Waals surface area contributed by atoms with E-state index < -0.39 is 17.3 Å². The lowest BCUT2D eigenvalue weighted by molar-refractivity contribution is -0.0238. The van der Waals surface area contributed by atoms with Crippen LogP contribution in [0, 0.1) is 12.8 Å². The summed E-state index contributed by atoms with van der Waals surface area (Å²) in [5.74, 6) is 0.880. The fourth-order valence-corrected chi connectivity index (χ4v) is 7.32. The van der Waals surface area contributed by atoms with E-state index in [0.717, 1.165) is 39.3 Å². The molecule has 1 spiro atoms. The summed E-state index contributed by atoms with van der Waals surface area (Å²) in [5.41, 5.74) is 8.62. The van der Waals surface area contributed by atoms with Gasteiger partial charge in [0, 0.05) is 42.5 Å². The highest BCUT2D eigenvalue weighted by molar-refractivity contribution is 7.21. The Morgan fingerprint density at radius 2 is 2.02 bits per heavy atom. The number of aryl methyl sites for hydroxylation is 1. The molecule has 0 aliphatic carbocycles. The number of pyridine rings is 1. The Morgan fingerprint density at radius 3 is 2.76 bits per heavy atom. The number of benzene rings is 1. The molecule has 6 rings (SSSR count). The van der Waals surface area contributed by atoms with Crippen LogP contribution in [0.1, 0.15) is 55.0 Å². The third-order valence-corrected chi connectivity index (χ3v) is 9.59. The summed E-state index contributed by atoms with van der Waals surface area (Å²) in [7, 11) is 0. The predicted molar refractivity (Wildman–Crippen MR) is 163 cm³/mol. The highest BCUT2D eigenvalue weighted by Crippen LogP contribution is 2.42. The van der Waals surface area contributed by atoms with Crippen molar-refractivity contribution in [3.63, 3.8) is 0 Å². The number of hydrogen-bond donors (Lipinski definition) is 3. The van der Waals surface area contributed by atoms with Crippen LogP contribution in [-0.4, -0.2) is 66.6 Å². The summed E-state index contributed by atoms with van der Waals surface area (Å²) in [6, 6.07) is 9.61. The van der Waals surface area contributed by atoms with Gasteiger partial charge in [-0.25, -0.2) is 9.78 Å². The van der Waals surface area contributed by atoms with Gasteiger partial charge >= 0.3 is 6.09 Å². The number of nitrogens with two attached hydrogens (primary N) is 1. The average Bonchev–Trinajstić information content (AvgIpc) is 3.58. The number of thiophene rings is 1. The van der Waals surface area contributed by atoms with Crippen molar-refractivity contribution >= 4 is 44.9 Å². The number of amides is 2. The molecule has 0 saturated carbocycles. The van der Waals surface area contributed by atoms with Gasteiger partial charge in [-0.2, -0.15) is 0 Å². The summed E-state index contributed by atoms with van der Waals surface area (Å²) in [6.07, 6.45) is 1.17. The number of nitrogen functional groups attached to an aromatic ring is 1. The Hall–Kier alpha value is -3.57. The number of nitrogens with one attached hydrogen (secondary N) is 2. The predicted octanol–water partition coefficient (Wildman–Crippen LogP) is 4.43. The maximum Gasteiger partial charge on any atom is 0.408 e. The number of rotatable bonds is 4. The molecule has 2 saturated heterocycles. The van der Waals surface area contributed by atoms with E-state index in [9.17, 15) is 9.59 Å². The third kappa shape index (κ3) is 5.35. The van der Waals surface area contributed by atoms with Crippen molar-refractivity contribution in [2.75, 3.05) is 36.9 Å². The van der Waals surface area contributed by atoms with E-state index in [2.05, 4.69) is 45.6 Å². The van der Waals surface area contributed by atoms with Gasteiger partial charge in [-0.15, -0.1) is 11.3 Å². The van der Waals surface area contributed by atoms with E-state index in [1.807, 2.05) is 39.8 Å². The number of nitrogens with zero attached hydrogens (tertiary/aromatic N) is 2. The number of anilines is 2. The Bertz CT molecular complexity index is 1530. The van der Waals surface area contributed by atoms with Gasteiger partial charge in [0.25, 0.3) is 5.91 Å². The van der Waals surface area contributed by atoms with Crippen LogP contribution in [0.4, 0.5) is 16.2 Å². The van der Waals surface area contributed by atoms with Gasteiger partial charge in [0.1, 0.15) is 33.3 Å². The zero-order chi connectivity index (χ0) is 29.8. The lowest BCUT2D eigenvalue weighted by Gasteiger charge is -2.34. The van der Waals surface area contributed by atoms with Gasteiger partial charge < -0.3 is 35.5 Å². The number of alkyl carbamates (subject to hydrolysis) is 1. The largest absolute Gasteiger partial charge is 0.491 e. The van der Waals surface area contributed by atoms with Gasteiger partial charge in [0.2, 0.25) is 0 Å². The molecule has 224 valence electrons. The summed E-state index contributed by atoms with van der Waals surface area (Å²) < 4.78 is 18.1. The summed E-state index contributed by atoms with van der Waals surface area (Å²) in [6.45, 7) is 12.0. The van der Waals surface area contributed by atoms with E-state index in [-0.39, 0.29) is 23.9 Å². The van der Waals surface area contributed by atoms with Crippen LogP contribution in [-0.2, 0) is 15.9 Å². The quantitative estimate of drug-likeness (QED) is 0.406. The van der Waals surface area contributed by atoms with Crippen LogP contribution in [0.5, 0.6) is 5.75 Å². The maximum absolute atomic E-state index is 13.1. The Kier molecular flexibility index (Phi) is 7.21. The fraction of sp³-hybridized carbons (Fsp3) is 0.516. The van der Waals surface area contributed by atoms with Gasteiger partial charge in [0.15, 0.2) is 0 Å². The minimum absolute atomic E-state index is 0.180. The lowest BCUT2D eigenvalue weighted by Crippen LogP contribution is -2.55. The van der Waals surface area contributed by atoms with Crippen molar-refractivity contribution < 1.29 is 23.8 Å². The van der Waals surface area contributed by atoms with Crippen molar-refractivity contribution in [3.8, 4) is 5.75 Å². The molecule has 3 aliphatic rings. The third-order valence-electron chi connectivity index (χ3n) is 8.47. The van der Waals surface area contributed by atoms with Crippen molar-refractivity contribution in [2.24, 2.45) is 5.92 Å². The lowest BCUT2D eigenvalue weighted by atomic mass is 9.85. The molecule has 2 amide bonds. The number of carbonyl (C=O) groups is 2. The number of carbonyl (C=O) groups excluding carboxylic acids is 2. The molecule has 42 heavy (non-hydrogen) atoms. The van der Waals surface area contributed by atoms with E-state index in [1.165, 1.54) is 11.3 Å². The Labute approximate surface area is 249 Å². The maximum atomic E-state index is 13.1. The zero-order valence-electron chi connectivity index (χ0n) is 24.8. The van der Waals surface area contributed by atoms with Crippen LogP contribution < -0.4 is 26.0 Å². The van der Waals surface area contributed by atoms with Crippen molar-refractivity contribution in [1.29, 1.82) is 0 Å². The van der Waals surface area contributed by atoms with Crippen LogP contribution in [0.15, 0.2) is 30.3 Å². The second kappa shape index (κ2) is 10.6.